The molecule has 1 aromatic rings. The van der Waals surface area contributed by atoms with E-state index in [1.807, 2.05) is 0 Å². The molecule has 7 heteroatoms. The maximum absolute atomic E-state index is 12.4. The molecule has 3 rings (SSSR count). The van der Waals surface area contributed by atoms with Crippen molar-refractivity contribution in [3.05, 3.63) is 29.8 Å². The van der Waals surface area contributed by atoms with Crippen molar-refractivity contribution in [1.29, 1.82) is 0 Å². The van der Waals surface area contributed by atoms with E-state index in [4.69, 9.17) is 4.74 Å². The number of nitrogens with one attached hydrogen (secondary N) is 2. The number of ether oxygens (including phenoxy) is 1. The third kappa shape index (κ3) is 5.70. The summed E-state index contributed by atoms with van der Waals surface area (Å²) in [5.74, 6) is 0.670. The van der Waals surface area contributed by atoms with Gasteiger partial charge in [0.05, 0.1) is 13.2 Å². The standard InChI is InChI=1S/C18H25N3O3.ClH/c22-17(6-1-14-7-8-19-13-14)20-16-4-2-15(3-5-16)18(23)21-9-11-24-12-10-21;/h2-5,14,19H,1,6-13H2,(H,20,22);1H. The topological polar surface area (TPSA) is 70.7 Å². The average molecular weight is 368 g/mol. The fourth-order valence-corrected chi connectivity index (χ4v) is 3.16. The van der Waals surface area contributed by atoms with Crippen LogP contribution >= 0.6 is 12.4 Å². The molecule has 25 heavy (non-hydrogen) atoms. The van der Waals surface area contributed by atoms with Crippen LogP contribution in [0.5, 0.6) is 0 Å². The Hall–Kier alpha value is -1.63. The van der Waals surface area contributed by atoms with E-state index in [9.17, 15) is 9.59 Å². The van der Waals surface area contributed by atoms with E-state index in [0.29, 0.717) is 44.2 Å². The Kier molecular flexibility index (Phi) is 7.68. The maximum Gasteiger partial charge on any atom is 0.254 e. The highest BCUT2D eigenvalue weighted by Gasteiger charge is 2.19. The summed E-state index contributed by atoms with van der Waals surface area (Å²) < 4.78 is 5.26. The average Bonchev–Trinajstić information content (AvgIpc) is 3.14. The molecule has 2 fully saturated rings. The first kappa shape index (κ1) is 19.7. The predicted octanol–water partition coefficient (Wildman–Crippen LogP) is 1.91. The Morgan fingerprint density at radius 3 is 2.56 bits per heavy atom. The van der Waals surface area contributed by atoms with Gasteiger partial charge in [0.25, 0.3) is 5.91 Å². The molecule has 2 amide bonds. The molecule has 2 aliphatic rings. The lowest BCUT2D eigenvalue weighted by atomic mass is 10.0. The number of nitrogens with zero attached hydrogens (tertiary/aromatic N) is 1. The third-order valence-electron chi connectivity index (χ3n) is 4.66. The van der Waals surface area contributed by atoms with E-state index in [-0.39, 0.29) is 24.2 Å². The molecule has 0 spiro atoms. The van der Waals surface area contributed by atoms with Crippen LogP contribution < -0.4 is 10.6 Å². The number of hydrogen-bond acceptors (Lipinski definition) is 4. The van der Waals surface area contributed by atoms with Gasteiger partial charge in [-0.05, 0) is 56.1 Å². The summed E-state index contributed by atoms with van der Waals surface area (Å²) in [7, 11) is 0. The molecule has 0 aliphatic carbocycles. The van der Waals surface area contributed by atoms with Crippen LogP contribution in [0.15, 0.2) is 24.3 Å². The van der Waals surface area contributed by atoms with E-state index in [1.54, 1.807) is 29.2 Å². The molecule has 0 bridgehead atoms. The molecule has 138 valence electrons. The smallest absolute Gasteiger partial charge is 0.254 e. The molecule has 2 saturated heterocycles. The van der Waals surface area contributed by atoms with Crippen LogP contribution in [0.3, 0.4) is 0 Å². The van der Waals surface area contributed by atoms with Crippen LogP contribution in [0.25, 0.3) is 0 Å². The minimum Gasteiger partial charge on any atom is -0.378 e. The van der Waals surface area contributed by atoms with E-state index in [1.165, 1.54) is 0 Å². The summed E-state index contributed by atoms with van der Waals surface area (Å²) >= 11 is 0. The number of hydrogen-bond donors (Lipinski definition) is 2. The first-order valence-corrected chi connectivity index (χ1v) is 8.70. The lowest BCUT2D eigenvalue weighted by Crippen LogP contribution is -2.40. The molecule has 2 N–H and O–H groups in total. The van der Waals surface area contributed by atoms with Crippen molar-refractivity contribution in [3.8, 4) is 0 Å². The normalized spacial score (nSPS) is 20.0. The number of anilines is 1. The van der Waals surface area contributed by atoms with Crippen molar-refractivity contribution < 1.29 is 14.3 Å². The Bertz CT molecular complexity index is 567. The SMILES string of the molecule is Cl.O=C(CCC1CCNC1)Nc1ccc(C(=O)N2CCOCC2)cc1. The minimum atomic E-state index is 0. The highest BCUT2D eigenvalue weighted by atomic mass is 35.5. The summed E-state index contributed by atoms with van der Waals surface area (Å²) in [6.45, 7) is 4.53. The molecule has 1 unspecified atom stereocenters. The lowest BCUT2D eigenvalue weighted by Gasteiger charge is -2.26. The monoisotopic (exact) mass is 367 g/mol. The third-order valence-corrected chi connectivity index (χ3v) is 4.66. The Morgan fingerprint density at radius 1 is 1.20 bits per heavy atom. The second-order valence-corrected chi connectivity index (χ2v) is 6.43. The fourth-order valence-electron chi connectivity index (χ4n) is 3.16. The Labute approximate surface area is 154 Å². The van der Waals surface area contributed by atoms with Crippen molar-refractivity contribution in [2.45, 2.75) is 19.3 Å². The molecule has 0 radical (unpaired) electrons. The lowest BCUT2D eigenvalue weighted by molar-refractivity contribution is -0.116. The molecule has 1 aromatic carbocycles. The number of carbonyl (C=O) groups excluding carboxylic acids is 2. The van der Waals surface area contributed by atoms with Gasteiger partial charge in [0.2, 0.25) is 5.91 Å². The molecule has 6 nitrogen and oxygen atoms in total. The zero-order valence-corrected chi connectivity index (χ0v) is 15.1. The van der Waals surface area contributed by atoms with E-state index in [2.05, 4.69) is 10.6 Å². The van der Waals surface area contributed by atoms with Crippen LogP contribution in [0.4, 0.5) is 5.69 Å². The second kappa shape index (κ2) is 9.75. The summed E-state index contributed by atoms with van der Waals surface area (Å²) in [5.41, 5.74) is 1.38. The highest BCUT2D eigenvalue weighted by Crippen LogP contribution is 2.16. The van der Waals surface area contributed by atoms with Gasteiger partial charge >= 0.3 is 0 Å². The summed E-state index contributed by atoms with van der Waals surface area (Å²) in [6, 6.07) is 7.13. The first-order chi connectivity index (χ1) is 11.7. The molecule has 0 aromatic heterocycles. The number of amides is 2. The van der Waals surface area contributed by atoms with Gasteiger partial charge in [0.1, 0.15) is 0 Å². The van der Waals surface area contributed by atoms with Crippen LogP contribution in [-0.2, 0) is 9.53 Å². The summed E-state index contributed by atoms with van der Waals surface area (Å²) in [5, 5.41) is 6.22. The van der Waals surface area contributed by atoms with Crippen LogP contribution in [0.2, 0.25) is 0 Å². The van der Waals surface area contributed by atoms with Gasteiger partial charge in [-0.25, -0.2) is 0 Å². The minimum absolute atomic E-state index is 0. The molecule has 0 saturated carbocycles. The predicted molar refractivity (Wildman–Crippen MR) is 99.3 cm³/mol. The van der Waals surface area contributed by atoms with E-state index < -0.39 is 0 Å². The van der Waals surface area contributed by atoms with Gasteiger partial charge in [-0.2, -0.15) is 0 Å². The van der Waals surface area contributed by atoms with Crippen molar-refractivity contribution >= 4 is 29.9 Å². The van der Waals surface area contributed by atoms with Gasteiger partial charge in [0, 0.05) is 30.8 Å². The van der Waals surface area contributed by atoms with Gasteiger partial charge in [-0.3, -0.25) is 9.59 Å². The van der Waals surface area contributed by atoms with Gasteiger partial charge in [-0.1, -0.05) is 0 Å². The fraction of sp³-hybridized carbons (Fsp3) is 0.556. The zero-order chi connectivity index (χ0) is 16.8. The van der Waals surface area contributed by atoms with Crippen molar-refractivity contribution in [2.24, 2.45) is 5.92 Å². The number of carbonyl (C=O) groups is 2. The maximum atomic E-state index is 12.4. The second-order valence-electron chi connectivity index (χ2n) is 6.43. The van der Waals surface area contributed by atoms with Crippen molar-refractivity contribution in [3.63, 3.8) is 0 Å². The molecule has 2 aliphatic heterocycles. The molecule has 2 heterocycles. The van der Waals surface area contributed by atoms with Gasteiger partial charge in [0.15, 0.2) is 0 Å². The quantitative estimate of drug-likeness (QED) is 0.834. The number of morpholine rings is 1. The largest absolute Gasteiger partial charge is 0.378 e. The van der Waals surface area contributed by atoms with E-state index >= 15 is 0 Å². The summed E-state index contributed by atoms with van der Waals surface area (Å²) in [4.78, 5) is 26.2. The van der Waals surface area contributed by atoms with Gasteiger partial charge in [-0.15, -0.1) is 12.4 Å². The first-order valence-electron chi connectivity index (χ1n) is 8.70. The Morgan fingerprint density at radius 2 is 1.92 bits per heavy atom. The van der Waals surface area contributed by atoms with Crippen LogP contribution in [-0.4, -0.2) is 56.1 Å². The molecular formula is C18H26ClN3O3. The van der Waals surface area contributed by atoms with Gasteiger partial charge < -0.3 is 20.3 Å². The van der Waals surface area contributed by atoms with Crippen LogP contribution in [0, 0.1) is 5.92 Å². The molecular weight excluding hydrogens is 342 g/mol. The number of rotatable bonds is 5. The number of benzene rings is 1. The van der Waals surface area contributed by atoms with Crippen molar-refractivity contribution in [2.75, 3.05) is 44.7 Å². The zero-order valence-electron chi connectivity index (χ0n) is 14.3. The van der Waals surface area contributed by atoms with Crippen LogP contribution in [0.1, 0.15) is 29.6 Å². The summed E-state index contributed by atoms with van der Waals surface area (Å²) in [6.07, 6.45) is 2.62. The number of halogens is 1. The highest BCUT2D eigenvalue weighted by molar-refractivity contribution is 5.95. The van der Waals surface area contributed by atoms with Crippen molar-refractivity contribution in [1.82, 2.24) is 10.2 Å². The molecule has 1 atom stereocenters. The Balaban J connectivity index is 0.00000225. The van der Waals surface area contributed by atoms with E-state index in [0.717, 1.165) is 31.6 Å².